The van der Waals surface area contributed by atoms with Crippen LogP contribution in [0.1, 0.15) is 19.3 Å². The molecule has 2 fully saturated rings. The summed E-state index contributed by atoms with van der Waals surface area (Å²) >= 11 is 0. The Kier molecular flexibility index (Phi) is 3.63. The fourth-order valence-electron chi connectivity index (χ4n) is 2.06. The minimum absolute atomic E-state index is 0. The van der Waals surface area contributed by atoms with Gasteiger partial charge in [0.05, 0.1) is 0 Å². The second kappa shape index (κ2) is 4.29. The molecular weight excluding hydrogens is 160 g/mol. The zero-order valence-electron chi connectivity index (χ0n) is 6.88. The zero-order chi connectivity index (χ0) is 6.81. The van der Waals surface area contributed by atoms with Crippen LogP contribution in [0, 0.1) is 0 Å². The molecule has 66 valence electrons. The standard InChI is InChI=1S/C8H16N2.ClH/c1-2-6-10(5-1)8-3-4-9-7-8;/h8-9H,1-7H2;1H. The molecule has 2 aliphatic heterocycles. The van der Waals surface area contributed by atoms with Crippen molar-refractivity contribution < 1.29 is 0 Å². The average molecular weight is 177 g/mol. The van der Waals surface area contributed by atoms with Crippen LogP contribution in [0.4, 0.5) is 0 Å². The van der Waals surface area contributed by atoms with Crippen LogP contribution < -0.4 is 5.32 Å². The Morgan fingerprint density at radius 2 is 1.91 bits per heavy atom. The van der Waals surface area contributed by atoms with Crippen molar-refractivity contribution in [1.82, 2.24) is 10.2 Å². The third-order valence-corrected chi connectivity index (χ3v) is 2.69. The van der Waals surface area contributed by atoms with Crippen LogP contribution in [0.15, 0.2) is 0 Å². The predicted octanol–water partition coefficient (Wildman–Crippen LogP) is 0.866. The van der Waals surface area contributed by atoms with Gasteiger partial charge < -0.3 is 5.32 Å². The number of hydrogen-bond acceptors (Lipinski definition) is 2. The second-order valence-corrected chi connectivity index (χ2v) is 3.39. The summed E-state index contributed by atoms with van der Waals surface area (Å²) in [5, 5.41) is 3.41. The van der Waals surface area contributed by atoms with E-state index in [1.165, 1.54) is 45.4 Å². The van der Waals surface area contributed by atoms with Crippen LogP contribution in [0.25, 0.3) is 0 Å². The lowest BCUT2D eigenvalue weighted by Crippen LogP contribution is -2.34. The highest BCUT2D eigenvalue weighted by Gasteiger charge is 2.23. The summed E-state index contributed by atoms with van der Waals surface area (Å²) in [6.45, 7) is 5.18. The monoisotopic (exact) mass is 176 g/mol. The first-order chi connectivity index (χ1) is 4.97. The Hall–Kier alpha value is 0.210. The van der Waals surface area contributed by atoms with E-state index in [9.17, 15) is 0 Å². The topological polar surface area (TPSA) is 15.3 Å². The molecule has 1 unspecified atom stereocenters. The van der Waals surface area contributed by atoms with E-state index in [4.69, 9.17) is 0 Å². The van der Waals surface area contributed by atoms with Crippen LogP contribution in [-0.4, -0.2) is 37.1 Å². The van der Waals surface area contributed by atoms with Gasteiger partial charge in [0.1, 0.15) is 0 Å². The molecule has 0 amide bonds. The molecule has 0 aliphatic carbocycles. The molecule has 0 bridgehead atoms. The molecule has 3 heteroatoms. The van der Waals surface area contributed by atoms with Crippen LogP contribution in [0.3, 0.4) is 0 Å². The Balaban J connectivity index is 0.000000605. The van der Waals surface area contributed by atoms with Gasteiger partial charge in [0, 0.05) is 12.6 Å². The molecule has 1 N–H and O–H groups in total. The average Bonchev–Trinajstić information content (AvgIpc) is 2.59. The number of hydrogen-bond donors (Lipinski definition) is 1. The molecule has 11 heavy (non-hydrogen) atoms. The maximum atomic E-state index is 3.41. The zero-order valence-corrected chi connectivity index (χ0v) is 7.70. The van der Waals surface area contributed by atoms with E-state index >= 15 is 0 Å². The summed E-state index contributed by atoms with van der Waals surface area (Å²) in [4.78, 5) is 2.64. The predicted molar refractivity (Wildman–Crippen MR) is 49.3 cm³/mol. The van der Waals surface area contributed by atoms with Gasteiger partial charge in [-0.3, -0.25) is 4.90 Å². The minimum Gasteiger partial charge on any atom is -0.315 e. The first kappa shape index (κ1) is 9.30. The number of likely N-dealkylation sites (tertiary alicyclic amines) is 1. The Bertz CT molecular complexity index is 92.7. The second-order valence-electron chi connectivity index (χ2n) is 3.39. The van der Waals surface area contributed by atoms with Crippen molar-refractivity contribution in [3.63, 3.8) is 0 Å². The normalized spacial score (nSPS) is 32.2. The third-order valence-electron chi connectivity index (χ3n) is 2.69. The van der Waals surface area contributed by atoms with Crippen LogP contribution in [0.5, 0.6) is 0 Å². The molecule has 2 nitrogen and oxygen atoms in total. The molecule has 1 atom stereocenters. The van der Waals surface area contributed by atoms with Gasteiger partial charge in [0.15, 0.2) is 0 Å². The summed E-state index contributed by atoms with van der Waals surface area (Å²) < 4.78 is 0. The van der Waals surface area contributed by atoms with Crippen LogP contribution >= 0.6 is 12.4 Å². The number of nitrogens with zero attached hydrogens (tertiary/aromatic N) is 1. The lowest BCUT2D eigenvalue weighted by Gasteiger charge is -2.21. The lowest BCUT2D eigenvalue weighted by molar-refractivity contribution is 0.258. The van der Waals surface area contributed by atoms with E-state index in [0.29, 0.717) is 0 Å². The van der Waals surface area contributed by atoms with E-state index in [0.717, 1.165) is 6.04 Å². The Morgan fingerprint density at radius 1 is 1.18 bits per heavy atom. The van der Waals surface area contributed by atoms with Gasteiger partial charge in [-0.2, -0.15) is 0 Å². The molecular formula is C8H17ClN2. The third kappa shape index (κ3) is 2.08. The summed E-state index contributed by atoms with van der Waals surface area (Å²) in [5.41, 5.74) is 0. The molecule has 0 aromatic carbocycles. The molecule has 2 heterocycles. The summed E-state index contributed by atoms with van der Waals surface area (Å²) in [6, 6.07) is 0.877. The quantitative estimate of drug-likeness (QED) is 0.638. The first-order valence-electron chi connectivity index (χ1n) is 4.41. The largest absolute Gasteiger partial charge is 0.315 e. The maximum absolute atomic E-state index is 3.41. The molecule has 0 saturated carbocycles. The maximum Gasteiger partial charge on any atom is 0.0232 e. The summed E-state index contributed by atoms with van der Waals surface area (Å²) in [6.07, 6.45) is 4.23. The van der Waals surface area contributed by atoms with Crippen molar-refractivity contribution in [3.8, 4) is 0 Å². The van der Waals surface area contributed by atoms with Crippen LogP contribution in [-0.2, 0) is 0 Å². The van der Waals surface area contributed by atoms with Gasteiger partial charge in [-0.15, -0.1) is 12.4 Å². The van der Waals surface area contributed by atoms with Gasteiger partial charge in [0.2, 0.25) is 0 Å². The van der Waals surface area contributed by atoms with Crippen molar-refractivity contribution in [1.29, 1.82) is 0 Å². The van der Waals surface area contributed by atoms with Crippen molar-refractivity contribution in [3.05, 3.63) is 0 Å². The molecule has 0 spiro atoms. The molecule has 2 aliphatic rings. The van der Waals surface area contributed by atoms with Crippen molar-refractivity contribution in [2.75, 3.05) is 26.2 Å². The van der Waals surface area contributed by atoms with E-state index < -0.39 is 0 Å². The first-order valence-corrected chi connectivity index (χ1v) is 4.41. The van der Waals surface area contributed by atoms with Gasteiger partial charge in [-0.05, 0) is 38.9 Å². The van der Waals surface area contributed by atoms with Gasteiger partial charge in [-0.25, -0.2) is 0 Å². The van der Waals surface area contributed by atoms with E-state index in [-0.39, 0.29) is 12.4 Å². The van der Waals surface area contributed by atoms with Crippen LogP contribution in [0.2, 0.25) is 0 Å². The molecule has 0 radical (unpaired) electrons. The van der Waals surface area contributed by atoms with Crippen molar-refractivity contribution >= 4 is 12.4 Å². The fraction of sp³-hybridized carbons (Fsp3) is 1.00. The van der Waals surface area contributed by atoms with Gasteiger partial charge in [-0.1, -0.05) is 0 Å². The van der Waals surface area contributed by atoms with E-state index in [2.05, 4.69) is 10.2 Å². The fourth-order valence-corrected chi connectivity index (χ4v) is 2.06. The summed E-state index contributed by atoms with van der Waals surface area (Å²) in [7, 11) is 0. The molecule has 0 aromatic heterocycles. The number of rotatable bonds is 1. The molecule has 2 saturated heterocycles. The molecule has 0 aromatic rings. The van der Waals surface area contributed by atoms with E-state index in [1.54, 1.807) is 0 Å². The van der Waals surface area contributed by atoms with Crippen molar-refractivity contribution in [2.24, 2.45) is 0 Å². The summed E-state index contributed by atoms with van der Waals surface area (Å²) in [5.74, 6) is 0. The SMILES string of the molecule is C1CCN(C2CCNC2)C1.Cl. The lowest BCUT2D eigenvalue weighted by atomic mass is 10.2. The highest BCUT2D eigenvalue weighted by Crippen LogP contribution is 2.15. The minimum atomic E-state index is 0. The molecule has 2 rings (SSSR count). The Labute approximate surface area is 74.7 Å². The van der Waals surface area contributed by atoms with Crippen molar-refractivity contribution in [2.45, 2.75) is 25.3 Å². The van der Waals surface area contributed by atoms with E-state index in [1.807, 2.05) is 0 Å². The smallest absolute Gasteiger partial charge is 0.0232 e. The van der Waals surface area contributed by atoms with Gasteiger partial charge >= 0.3 is 0 Å². The number of nitrogens with one attached hydrogen (secondary N) is 1. The Morgan fingerprint density at radius 3 is 2.45 bits per heavy atom. The highest BCUT2D eigenvalue weighted by molar-refractivity contribution is 5.85. The number of halogens is 1. The highest BCUT2D eigenvalue weighted by atomic mass is 35.5. The van der Waals surface area contributed by atoms with Gasteiger partial charge in [0.25, 0.3) is 0 Å².